The minimum atomic E-state index is -0.245. The molecule has 0 nitrogen and oxygen atoms in total. The molecule has 0 saturated carbocycles. The van der Waals surface area contributed by atoms with Crippen LogP contribution in [0, 0.1) is 11.8 Å². The molecular formula is C10H22Cd. The summed E-state index contributed by atoms with van der Waals surface area (Å²) in [5, 5.41) is 0. The molecule has 0 radical (unpaired) electrons. The molecule has 0 N–H and O–H groups in total. The van der Waals surface area contributed by atoms with Crippen molar-refractivity contribution in [2.75, 3.05) is 0 Å². The van der Waals surface area contributed by atoms with Crippen LogP contribution in [0.15, 0.2) is 0 Å². The second kappa shape index (κ2) is 7.56. The van der Waals surface area contributed by atoms with Crippen LogP contribution < -0.4 is 0 Å². The first kappa shape index (κ1) is 11.9. The molecular weight excluding hydrogens is 233 g/mol. The first-order valence-electron chi connectivity index (χ1n) is 5.13. The third-order valence-corrected chi connectivity index (χ3v) is 7.25. The van der Waals surface area contributed by atoms with Crippen LogP contribution in [0.5, 0.6) is 0 Å². The molecule has 0 unspecified atom stereocenters. The molecule has 0 spiro atoms. The zero-order valence-corrected chi connectivity index (χ0v) is 12.7. The van der Waals surface area contributed by atoms with Crippen LogP contribution in [0.3, 0.4) is 0 Å². The van der Waals surface area contributed by atoms with E-state index >= 15 is 0 Å². The normalized spacial score (nSPS) is 10.7. The molecule has 0 fully saturated rings. The van der Waals surface area contributed by atoms with E-state index in [9.17, 15) is 0 Å². The summed E-state index contributed by atoms with van der Waals surface area (Å²) in [6.45, 7) is 9.37. The molecule has 11 heavy (non-hydrogen) atoms. The van der Waals surface area contributed by atoms with Crippen molar-refractivity contribution in [2.24, 2.45) is 11.8 Å². The van der Waals surface area contributed by atoms with Gasteiger partial charge in [-0.25, -0.2) is 0 Å². The Balaban J connectivity index is 2.91. The second-order valence-corrected chi connectivity index (χ2v) is 10.5. The van der Waals surface area contributed by atoms with Gasteiger partial charge >= 0.3 is 84.6 Å². The van der Waals surface area contributed by atoms with Crippen molar-refractivity contribution in [3.63, 3.8) is 0 Å². The van der Waals surface area contributed by atoms with Gasteiger partial charge in [0.1, 0.15) is 0 Å². The molecule has 0 atom stereocenters. The van der Waals surface area contributed by atoms with Gasteiger partial charge in [0, 0.05) is 0 Å². The second-order valence-electron chi connectivity index (χ2n) is 4.43. The van der Waals surface area contributed by atoms with E-state index in [0.717, 1.165) is 11.8 Å². The Hall–Kier alpha value is 0.922. The molecule has 0 aliphatic rings. The molecule has 0 aliphatic carbocycles. The van der Waals surface area contributed by atoms with E-state index in [2.05, 4.69) is 27.7 Å². The Bertz CT molecular complexity index is 66.9. The summed E-state index contributed by atoms with van der Waals surface area (Å²) < 4.78 is 3.29. The van der Waals surface area contributed by atoms with Gasteiger partial charge in [0.2, 0.25) is 0 Å². The summed E-state index contributed by atoms with van der Waals surface area (Å²) in [6.07, 6.45) is 3.02. The van der Waals surface area contributed by atoms with Gasteiger partial charge in [-0.05, 0) is 0 Å². The van der Waals surface area contributed by atoms with Crippen molar-refractivity contribution in [2.45, 2.75) is 48.5 Å². The van der Waals surface area contributed by atoms with E-state index in [-0.39, 0.29) is 24.2 Å². The van der Waals surface area contributed by atoms with Crippen LogP contribution in [0.1, 0.15) is 40.5 Å². The number of hydrogen-bond acceptors (Lipinski definition) is 0. The summed E-state index contributed by atoms with van der Waals surface area (Å²) in [4.78, 5) is 0. The Kier molecular flexibility index (Phi) is 8.20. The Morgan fingerprint density at radius 2 is 1.18 bits per heavy atom. The number of hydrogen-bond donors (Lipinski definition) is 0. The summed E-state index contributed by atoms with van der Waals surface area (Å²) in [5.41, 5.74) is 0. The minimum absolute atomic E-state index is 0.245. The molecule has 0 aromatic rings. The average Bonchev–Trinajstić information content (AvgIpc) is 1.85. The van der Waals surface area contributed by atoms with Gasteiger partial charge in [-0.15, -0.1) is 0 Å². The van der Waals surface area contributed by atoms with Crippen LogP contribution in [-0.2, 0) is 24.2 Å². The van der Waals surface area contributed by atoms with E-state index in [1.807, 2.05) is 0 Å². The van der Waals surface area contributed by atoms with Crippen molar-refractivity contribution < 1.29 is 24.2 Å². The Morgan fingerprint density at radius 1 is 0.818 bits per heavy atom. The Labute approximate surface area is 84.4 Å². The van der Waals surface area contributed by atoms with Gasteiger partial charge in [-0.3, -0.25) is 0 Å². The van der Waals surface area contributed by atoms with E-state index in [1.54, 1.807) is 7.96 Å². The van der Waals surface area contributed by atoms with E-state index in [0.29, 0.717) is 0 Å². The van der Waals surface area contributed by atoms with E-state index < -0.39 is 0 Å². The van der Waals surface area contributed by atoms with Gasteiger partial charge < -0.3 is 0 Å². The summed E-state index contributed by atoms with van der Waals surface area (Å²) >= 11 is -0.245. The van der Waals surface area contributed by atoms with Gasteiger partial charge in [-0.2, -0.15) is 0 Å². The first-order valence-corrected chi connectivity index (χ1v) is 10.8. The van der Waals surface area contributed by atoms with Crippen LogP contribution in [0.4, 0.5) is 0 Å². The zero-order valence-electron chi connectivity index (χ0n) is 8.69. The van der Waals surface area contributed by atoms with E-state index in [1.165, 1.54) is 12.8 Å². The topological polar surface area (TPSA) is 0 Å². The molecule has 0 aromatic heterocycles. The predicted octanol–water partition coefficient (Wildman–Crippen LogP) is 4.00. The van der Waals surface area contributed by atoms with Crippen LogP contribution >= 0.6 is 0 Å². The first-order chi connectivity index (χ1) is 5.13. The van der Waals surface area contributed by atoms with Crippen LogP contribution in [0.25, 0.3) is 0 Å². The van der Waals surface area contributed by atoms with Gasteiger partial charge in [0.05, 0.1) is 0 Å². The molecule has 0 aromatic carbocycles. The molecule has 64 valence electrons. The average molecular weight is 255 g/mol. The fraction of sp³-hybridized carbons (Fsp3) is 1.00. The Morgan fingerprint density at radius 3 is 1.45 bits per heavy atom. The van der Waals surface area contributed by atoms with Gasteiger partial charge in [-0.1, -0.05) is 0 Å². The molecule has 1 heteroatoms. The van der Waals surface area contributed by atoms with E-state index in [4.69, 9.17) is 0 Å². The maximum atomic E-state index is 2.34. The third-order valence-electron chi connectivity index (χ3n) is 2.06. The maximum absolute atomic E-state index is 2.34. The molecule has 0 saturated heterocycles. The summed E-state index contributed by atoms with van der Waals surface area (Å²) in [6, 6.07) is 0. The standard InChI is InChI=1S/2C5H11.Cd/c2*1-4-5(2)3;/h2*5H,1,4H2,2-3H3;. The van der Waals surface area contributed by atoms with Crippen molar-refractivity contribution in [3.8, 4) is 0 Å². The number of rotatable bonds is 6. The molecule has 0 heterocycles. The molecule has 0 rings (SSSR count). The van der Waals surface area contributed by atoms with Crippen molar-refractivity contribution >= 4 is 0 Å². The zero-order chi connectivity index (χ0) is 8.69. The fourth-order valence-electron chi connectivity index (χ4n) is 1.28. The van der Waals surface area contributed by atoms with Crippen molar-refractivity contribution in [3.05, 3.63) is 0 Å². The SMILES string of the molecule is CC(C)C[CH2][Cd][CH2]CC(C)C. The van der Waals surface area contributed by atoms with Gasteiger partial charge in [0.15, 0.2) is 0 Å². The molecule has 0 aliphatic heterocycles. The van der Waals surface area contributed by atoms with Gasteiger partial charge in [0.25, 0.3) is 0 Å². The fourth-order valence-corrected chi connectivity index (χ4v) is 8.60. The van der Waals surface area contributed by atoms with Crippen LogP contribution in [-0.4, -0.2) is 0 Å². The van der Waals surface area contributed by atoms with Crippen LogP contribution in [0.2, 0.25) is 7.96 Å². The van der Waals surface area contributed by atoms with Crippen molar-refractivity contribution in [1.29, 1.82) is 0 Å². The summed E-state index contributed by atoms with van der Waals surface area (Å²) in [5.74, 6) is 1.90. The monoisotopic (exact) mass is 256 g/mol. The quantitative estimate of drug-likeness (QED) is 0.497. The van der Waals surface area contributed by atoms with Crippen molar-refractivity contribution in [1.82, 2.24) is 0 Å². The molecule has 0 amide bonds. The molecule has 0 bridgehead atoms. The summed E-state index contributed by atoms with van der Waals surface area (Å²) in [7, 11) is 0. The predicted molar refractivity (Wildman–Crippen MR) is 48.5 cm³/mol. The third kappa shape index (κ3) is 10.9.